The lowest BCUT2D eigenvalue weighted by Crippen LogP contribution is -2.46. The predicted octanol–water partition coefficient (Wildman–Crippen LogP) is 0.132. The van der Waals surface area contributed by atoms with Crippen LogP contribution in [0.1, 0.15) is 22.3 Å². The maximum atomic E-state index is 12.9. The average molecular weight is 334 g/mol. The van der Waals surface area contributed by atoms with Gasteiger partial charge in [-0.25, -0.2) is 9.18 Å². The van der Waals surface area contributed by atoms with Gasteiger partial charge in [-0.15, -0.1) is 0 Å². The number of carbonyl (C=O) groups is 1. The fraction of sp³-hybridized carbons (Fsp3) is 0.267. The number of nitrogens with zero attached hydrogens (tertiary/aromatic N) is 2. The van der Waals surface area contributed by atoms with Crippen molar-refractivity contribution in [3.8, 4) is 0 Å². The van der Waals surface area contributed by atoms with Gasteiger partial charge in [0, 0.05) is 19.6 Å². The number of carbonyl (C=O) groups excluding carboxylic acids is 1. The Labute approximate surface area is 135 Å². The summed E-state index contributed by atoms with van der Waals surface area (Å²) in [7, 11) is 0. The number of hydrogen-bond acceptors (Lipinski definition) is 5. The molecule has 1 aromatic carbocycles. The third-order valence-electron chi connectivity index (χ3n) is 3.77. The van der Waals surface area contributed by atoms with E-state index in [4.69, 9.17) is 0 Å². The molecule has 126 valence electrons. The lowest BCUT2D eigenvalue weighted by Gasteiger charge is -2.22. The molecule has 0 bridgehead atoms. The molecule has 24 heavy (non-hydrogen) atoms. The number of benzene rings is 1. The van der Waals surface area contributed by atoms with Crippen LogP contribution in [0, 0.1) is 5.82 Å². The minimum absolute atomic E-state index is 0.0662. The zero-order valence-electron chi connectivity index (χ0n) is 12.6. The molecule has 2 aromatic rings. The van der Waals surface area contributed by atoms with Crippen molar-refractivity contribution in [3.63, 3.8) is 0 Å². The molecule has 0 spiro atoms. The van der Waals surface area contributed by atoms with Crippen molar-refractivity contribution in [1.29, 1.82) is 0 Å². The van der Waals surface area contributed by atoms with E-state index < -0.39 is 23.0 Å². The molecule has 0 unspecified atom stereocenters. The number of anilines is 1. The van der Waals surface area contributed by atoms with E-state index in [1.165, 1.54) is 24.3 Å². The first kappa shape index (κ1) is 15.8. The molecule has 0 radical (unpaired) electrons. The van der Waals surface area contributed by atoms with E-state index in [9.17, 15) is 24.0 Å². The highest BCUT2D eigenvalue weighted by Crippen LogP contribution is 2.14. The molecule has 3 N–H and O–H groups in total. The molecule has 1 aromatic heterocycles. The van der Waals surface area contributed by atoms with Crippen molar-refractivity contribution in [3.05, 3.63) is 62.0 Å². The van der Waals surface area contributed by atoms with E-state index in [0.717, 1.165) is 4.57 Å². The topological polar surface area (TPSA) is 105 Å². The summed E-state index contributed by atoms with van der Waals surface area (Å²) in [5, 5.41) is 15.0. The van der Waals surface area contributed by atoms with Crippen LogP contribution < -0.4 is 21.9 Å². The van der Waals surface area contributed by atoms with Crippen molar-refractivity contribution in [2.75, 3.05) is 11.9 Å². The smallest absolute Gasteiger partial charge is 0.366 e. The molecule has 3 rings (SSSR count). The highest BCUT2D eigenvalue weighted by atomic mass is 19.1. The Morgan fingerprint density at radius 2 is 2.00 bits per heavy atom. The highest BCUT2D eigenvalue weighted by Gasteiger charge is 2.25. The lowest BCUT2D eigenvalue weighted by molar-refractivity contribution is 0.0937. The molecule has 1 aliphatic heterocycles. The third-order valence-corrected chi connectivity index (χ3v) is 3.77. The number of halogens is 1. The minimum Gasteiger partial charge on any atom is -0.421 e. The van der Waals surface area contributed by atoms with Crippen LogP contribution >= 0.6 is 0 Å². The van der Waals surface area contributed by atoms with Crippen molar-refractivity contribution >= 4 is 11.7 Å². The molecular weight excluding hydrogens is 319 g/mol. The van der Waals surface area contributed by atoms with E-state index in [2.05, 4.69) is 10.6 Å². The number of rotatable bonds is 3. The molecule has 8 nitrogen and oxygen atoms in total. The quantitative estimate of drug-likeness (QED) is 0.692. The van der Waals surface area contributed by atoms with Crippen molar-refractivity contribution < 1.29 is 14.4 Å². The van der Waals surface area contributed by atoms with Crippen LogP contribution in [0.3, 0.4) is 0 Å². The Morgan fingerprint density at radius 3 is 2.71 bits per heavy atom. The number of hydrogen-bond donors (Lipinski definition) is 3. The van der Waals surface area contributed by atoms with Gasteiger partial charge in [-0.2, -0.15) is 0 Å². The first-order valence-corrected chi connectivity index (χ1v) is 7.34. The Kier molecular flexibility index (Phi) is 4.07. The van der Waals surface area contributed by atoms with E-state index in [-0.39, 0.29) is 22.7 Å². The average Bonchev–Trinajstić information content (AvgIpc) is 2.59. The largest absolute Gasteiger partial charge is 0.421 e. The third kappa shape index (κ3) is 2.75. The molecule has 1 amide bonds. The van der Waals surface area contributed by atoms with Gasteiger partial charge in [0.25, 0.3) is 5.91 Å². The van der Waals surface area contributed by atoms with Gasteiger partial charge in [-0.3, -0.25) is 14.2 Å². The molecule has 2 heterocycles. The zero-order valence-corrected chi connectivity index (χ0v) is 12.6. The molecule has 0 saturated heterocycles. The van der Waals surface area contributed by atoms with Gasteiger partial charge in [-0.05, 0) is 24.1 Å². The normalized spacial score (nSPS) is 13.0. The standard InChI is InChI=1S/C15H15FN4O4/c16-10-4-2-9(3-5-10)8-18-13(21)11-12-17-6-1-7-19(12)15(23)20(24)14(11)22/h2-5,17,24H,1,6-8H2,(H,18,21). The molecular formula is C15H15FN4O4. The second-order valence-corrected chi connectivity index (χ2v) is 5.36. The predicted molar refractivity (Wildman–Crippen MR) is 82.8 cm³/mol. The summed E-state index contributed by atoms with van der Waals surface area (Å²) >= 11 is 0. The van der Waals surface area contributed by atoms with Crippen LogP contribution in [0.15, 0.2) is 33.9 Å². The van der Waals surface area contributed by atoms with Crippen LogP contribution in [-0.4, -0.2) is 27.0 Å². The molecule has 0 fully saturated rings. The Balaban J connectivity index is 1.92. The molecule has 0 atom stereocenters. The van der Waals surface area contributed by atoms with Gasteiger partial charge in [-0.1, -0.05) is 16.9 Å². The summed E-state index contributed by atoms with van der Waals surface area (Å²) in [6, 6.07) is 5.52. The molecule has 0 aliphatic carbocycles. The Bertz CT molecular complexity index is 901. The summed E-state index contributed by atoms with van der Waals surface area (Å²) in [6.07, 6.45) is 0.627. The van der Waals surface area contributed by atoms with E-state index >= 15 is 0 Å². The summed E-state index contributed by atoms with van der Waals surface area (Å²) in [5.74, 6) is -1.03. The minimum atomic E-state index is -1.09. The number of amides is 1. The Hall–Kier alpha value is -3.10. The van der Waals surface area contributed by atoms with E-state index in [1.54, 1.807) is 0 Å². The van der Waals surface area contributed by atoms with Gasteiger partial charge in [0.2, 0.25) is 0 Å². The van der Waals surface area contributed by atoms with E-state index in [0.29, 0.717) is 25.1 Å². The van der Waals surface area contributed by atoms with Crippen LogP contribution in [0.25, 0.3) is 0 Å². The van der Waals surface area contributed by atoms with Gasteiger partial charge in [0.05, 0.1) is 0 Å². The second-order valence-electron chi connectivity index (χ2n) is 5.36. The van der Waals surface area contributed by atoms with Crippen molar-refractivity contribution in [1.82, 2.24) is 14.6 Å². The van der Waals surface area contributed by atoms with E-state index in [1.807, 2.05) is 0 Å². The maximum absolute atomic E-state index is 12.9. The summed E-state index contributed by atoms with van der Waals surface area (Å²) in [5.41, 5.74) is -1.67. The van der Waals surface area contributed by atoms with Crippen LogP contribution in [-0.2, 0) is 13.1 Å². The van der Waals surface area contributed by atoms with Crippen LogP contribution in [0.2, 0.25) is 0 Å². The van der Waals surface area contributed by atoms with Gasteiger partial charge < -0.3 is 15.8 Å². The Morgan fingerprint density at radius 1 is 1.29 bits per heavy atom. The van der Waals surface area contributed by atoms with Crippen molar-refractivity contribution in [2.45, 2.75) is 19.5 Å². The first-order valence-electron chi connectivity index (χ1n) is 7.34. The van der Waals surface area contributed by atoms with Gasteiger partial charge >= 0.3 is 11.2 Å². The number of fused-ring (bicyclic) bond motifs is 1. The highest BCUT2D eigenvalue weighted by molar-refractivity contribution is 5.98. The van der Waals surface area contributed by atoms with Crippen molar-refractivity contribution in [2.24, 2.45) is 0 Å². The monoisotopic (exact) mass is 334 g/mol. The number of aromatic nitrogens is 2. The fourth-order valence-corrected chi connectivity index (χ4v) is 2.55. The summed E-state index contributed by atoms with van der Waals surface area (Å²) in [6.45, 7) is 0.870. The lowest BCUT2D eigenvalue weighted by atomic mass is 10.2. The van der Waals surface area contributed by atoms with Crippen LogP contribution in [0.4, 0.5) is 10.2 Å². The van der Waals surface area contributed by atoms with Gasteiger partial charge in [0.1, 0.15) is 17.2 Å². The van der Waals surface area contributed by atoms with Crippen LogP contribution in [0.5, 0.6) is 0 Å². The molecule has 1 aliphatic rings. The maximum Gasteiger partial charge on any atom is 0.366 e. The van der Waals surface area contributed by atoms with Gasteiger partial charge in [0.15, 0.2) is 0 Å². The first-order chi connectivity index (χ1) is 11.5. The number of nitrogens with one attached hydrogen (secondary N) is 2. The molecule has 9 heteroatoms. The zero-order chi connectivity index (χ0) is 17.3. The SMILES string of the molecule is O=C(NCc1ccc(F)cc1)c1c2n(c(=O)n(O)c1=O)CCCN2. The second kappa shape index (κ2) is 6.19. The summed E-state index contributed by atoms with van der Waals surface area (Å²) in [4.78, 5) is 36.4. The fourth-order valence-electron chi connectivity index (χ4n) is 2.55. The summed E-state index contributed by atoms with van der Waals surface area (Å²) < 4.78 is 14.0. The molecule has 0 saturated carbocycles.